The number of nitrogens with zero attached hydrogens (tertiary/aromatic N) is 3. The molecule has 0 N–H and O–H groups in total. The van der Waals surface area contributed by atoms with Gasteiger partial charge in [0, 0.05) is 39.4 Å². The molecule has 34 heavy (non-hydrogen) atoms. The summed E-state index contributed by atoms with van der Waals surface area (Å²) in [5.41, 5.74) is 2.30. The van der Waals surface area contributed by atoms with Gasteiger partial charge in [-0.3, -0.25) is 4.79 Å². The Kier molecular flexibility index (Phi) is 9.02. The van der Waals surface area contributed by atoms with Crippen molar-refractivity contribution in [3.05, 3.63) is 57.3 Å². The van der Waals surface area contributed by atoms with Crippen LogP contribution in [0.4, 0.5) is 0 Å². The number of amides is 1. The Bertz CT molecular complexity index is 1320. The number of aromatic nitrogens is 1. The maximum atomic E-state index is 13.1. The summed E-state index contributed by atoms with van der Waals surface area (Å²) in [6.07, 6.45) is 0. The normalized spacial score (nSPS) is 12.7. The lowest BCUT2D eigenvalue weighted by atomic mass is 10.2. The standard InChI is InChI=1S/C23H28ClN3O5S2/c1-5-27-20-16(2)6-11-19(24)21(20)33-23(27)25-22(28)17-7-9-18(10-8-17)34(29,30)26(12-14-31-3)13-15-32-4/h6-11H,5,12-15H2,1-4H3. The van der Waals surface area contributed by atoms with E-state index >= 15 is 0 Å². The van der Waals surface area contributed by atoms with Gasteiger partial charge in [0.1, 0.15) is 0 Å². The van der Waals surface area contributed by atoms with Crippen LogP contribution in [0.5, 0.6) is 0 Å². The van der Waals surface area contributed by atoms with Crippen molar-refractivity contribution in [2.45, 2.75) is 25.3 Å². The fourth-order valence-electron chi connectivity index (χ4n) is 3.50. The lowest BCUT2D eigenvalue weighted by molar-refractivity contribution is 0.0997. The number of carbonyl (C=O) groups is 1. The molecular formula is C23H28ClN3O5S2. The molecule has 0 fully saturated rings. The molecule has 3 rings (SSSR count). The predicted molar refractivity (Wildman–Crippen MR) is 134 cm³/mol. The number of rotatable bonds is 10. The number of hydrogen-bond acceptors (Lipinski definition) is 6. The molecule has 0 aliphatic heterocycles. The molecule has 1 amide bonds. The second-order valence-corrected chi connectivity index (χ2v) is 10.8. The number of fused-ring (bicyclic) bond motifs is 1. The minimum atomic E-state index is -3.77. The summed E-state index contributed by atoms with van der Waals surface area (Å²) in [4.78, 5) is 17.9. The summed E-state index contributed by atoms with van der Waals surface area (Å²) in [7, 11) is -0.744. The van der Waals surface area contributed by atoms with Crippen LogP contribution in [0.3, 0.4) is 0 Å². The summed E-state index contributed by atoms with van der Waals surface area (Å²) in [5.74, 6) is -0.456. The smallest absolute Gasteiger partial charge is 0.279 e. The van der Waals surface area contributed by atoms with Crippen LogP contribution in [0.1, 0.15) is 22.8 Å². The van der Waals surface area contributed by atoms with E-state index in [1.165, 1.54) is 54.1 Å². The third-order valence-electron chi connectivity index (χ3n) is 5.32. The lowest BCUT2D eigenvalue weighted by Crippen LogP contribution is -2.36. The van der Waals surface area contributed by atoms with Gasteiger partial charge >= 0.3 is 0 Å². The van der Waals surface area contributed by atoms with Gasteiger partial charge in [-0.05, 0) is 49.7 Å². The third kappa shape index (κ3) is 5.59. The number of carbonyl (C=O) groups excluding carboxylic acids is 1. The van der Waals surface area contributed by atoms with Crippen molar-refractivity contribution >= 4 is 49.1 Å². The van der Waals surface area contributed by atoms with Crippen LogP contribution in [0.25, 0.3) is 10.2 Å². The molecule has 1 aromatic heterocycles. The molecule has 11 heteroatoms. The van der Waals surface area contributed by atoms with Crippen molar-refractivity contribution in [1.29, 1.82) is 0 Å². The van der Waals surface area contributed by atoms with Crippen molar-refractivity contribution in [2.24, 2.45) is 4.99 Å². The molecule has 0 atom stereocenters. The van der Waals surface area contributed by atoms with Crippen molar-refractivity contribution in [3.63, 3.8) is 0 Å². The van der Waals surface area contributed by atoms with E-state index in [0.717, 1.165) is 15.8 Å². The third-order valence-corrected chi connectivity index (χ3v) is 8.77. The van der Waals surface area contributed by atoms with E-state index in [-0.39, 0.29) is 31.2 Å². The summed E-state index contributed by atoms with van der Waals surface area (Å²) in [5, 5.41) is 0.614. The molecule has 0 aliphatic carbocycles. The van der Waals surface area contributed by atoms with Gasteiger partial charge in [-0.15, -0.1) is 0 Å². The minimum absolute atomic E-state index is 0.0872. The Morgan fingerprint density at radius 3 is 2.26 bits per heavy atom. The van der Waals surface area contributed by atoms with Gasteiger partial charge in [0.25, 0.3) is 5.91 Å². The topological polar surface area (TPSA) is 90.2 Å². The maximum Gasteiger partial charge on any atom is 0.279 e. The summed E-state index contributed by atoms with van der Waals surface area (Å²) in [6, 6.07) is 9.58. The number of aryl methyl sites for hydroxylation is 2. The monoisotopic (exact) mass is 525 g/mol. The van der Waals surface area contributed by atoms with E-state index in [1.54, 1.807) is 0 Å². The Hall–Kier alpha value is -2.08. The second kappa shape index (κ2) is 11.6. The largest absolute Gasteiger partial charge is 0.383 e. The van der Waals surface area contributed by atoms with E-state index in [2.05, 4.69) is 4.99 Å². The van der Waals surface area contributed by atoms with Crippen LogP contribution < -0.4 is 4.80 Å². The number of ether oxygens (including phenoxy) is 2. The van der Waals surface area contributed by atoms with Crippen LogP contribution in [0.2, 0.25) is 5.02 Å². The highest BCUT2D eigenvalue weighted by atomic mass is 35.5. The summed E-state index contributed by atoms with van der Waals surface area (Å²) in [6.45, 7) is 5.51. The van der Waals surface area contributed by atoms with Crippen LogP contribution in [-0.4, -0.2) is 63.7 Å². The molecule has 184 valence electrons. The first kappa shape index (κ1) is 26.5. The highest BCUT2D eigenvalue weighted by Gasteiger charge is 2.24. The molecule has 0 saturated heterocycles. The quantitative estimate of drug-likeness (QED) is 0.402. The number of halogens is 1. The zero-order valence-corrected chi connectivity index (χ0v) is 22.0. The van der Waals surface area contributed by atoms with Crippen LogP contribution >= 0.6 is 22.9 Å². The van der Waals surface area contributed by atoms with E-state index in [4.69, 9.17) is 21.1 Å². The fourth-order valence-corrected chi connectivity index (χ4v) is 6.36. The molecule has 3 aromatic rings. The van der Waals surface area contributed by atoms with E-state index < -0.39 is 15.9 Å². The van der Waals surface area contributed by atoms with E-state index in [1.807, 2.05) is 30.5 Å². The molecule has 0 unspecified atom stereocenters. The van der Waals surface area contributed by atoms with Crippen LogP contribution in [0.15, 0.2) is 46.3 Å². The zero-order valence-electron chi connectivity index (χ0n) is 19.6. The SMILES string of the molecule is CCn1c(=NC(=O)c2ccc(S(=O)(=O)N(CCOC)CCOC)cc2)sc2c(Cl)ccc(C)c21. The van der Waals surface area contributed by atoms with Gasteiger partial charge < -0.3 is 14.0 Å². The second-order valence-electron chi connectivity index (χ2n) is 7.50. The maximum absolute atomic E-state index is 13.1. The Morgan fingerprint density at radius 2 is 1.71 bits per heavy atom. The lowest BCUT2D eigenvalue weighted by Gasteiger charge is -2.21. The molecule has 0 saturated carbocycles. The zero-order chi connectivity index (χ0) is 24.9. The molecule has 0 spiro atoms. The molecular weight excluding hydrogens is 498 g/mol. The van der Waals surface area contributed by atoms with Crippen molar-refractivity contribution < 1.29 is 22.7 Å². The van der Waals surface area contributed by atoms with Crippen LogP contribution in [0, 0.1) is 6.92 Å². The van der Waals surface area contributed by atoms with E-state index in [0.29, 0.717) is 21.9 Å². The van der Waals surface area contributed by atoms with Gasteiger partial charge in [-0.25, -0.2) is 8.42 Å². The van der Waals surface area contributed by atoms with Crippen molar-refractivity contribution in [2.75, 3.05) is 40.5 Å². The van der Waals surface area contributed by atoms with E-state index in [9.17, 15) is 13.2 Å². The van der Waals surface area contributed by atoms with Gasteiger partial charge in [0.05, 0.1) is 33.3 Å². The summed E-state index contributed by atoms with van der Waals surface area (Å²) < 4.78 is 40.3. The number of sulfonamides is 1. The molecule has 0 aliphatic rings. The first-order chi connectivity index (χ1) is 16.2. The molecule has 0 bridgehead atoms. The Balaban J connectivity index is 1.93. The van der Waals surface area contributed by atoms with Crippen molar-refractivity contribution in [3.8, 4) is 0 Å². The Morgan fingerprint density at radius 1 is 1.09 bits per heavy atom. The Labute approximate surface area is 208 Å². The fraction of sp³-hybridized carbons (Fsp3) is 0.391. The average molecular weight is 526 g/mol. The number of hydrogen-bond donors (Lipinski definition) is 0. The highest BCUT2D eigenvalue weighted by molar-refractivity contribution is 7.89. The number of methoxy groups -OCH3 is 2. The molecule has 2 aromatic carbocycles. The van der Waals surface area contributed by atoms with Gasteiger partial charge in [0.2, 0.25) is 10.0 Å². The minimum Gasteiger partial charge on any atom is -0.383 e. The first-order valence-corrected chi connectivity index (χ1v) is 13.3. The van der Waals surface area contributed by atoms with Gasteiger partial charge in [-0.2, -0.15) is 9.30 Å². The molecule has 8 nitrogen and oxygen atoms in total. The summed E-state index contributed by atoms with van der Waals surface area (Å²) >= 11 is 7.72. The first-order valence-electron chi connectivity index (χ1n) is 10.7. The van der Waals surface area contributed by atoms with Gasteiger partial charge in [-0.1, -0.05) is 29.0 Å². The molecule has 1 heterocycles. The van der Waals surface area contributed by atoms with Crippen LogP contribution in [-0.2, 0) is 26.0 Å². The highest BCUT2D eigenvalue weighted by Crippen LogP contribution is 2.29. The number of benzene rings is 2. The predicted octanol–water partition coefficient (Wildman–Crippen LogP) is 3.71. The average Bonchev–Trinajstić information content (AvgIpc) is 3.20. The molecule has 0 radical (unpaired) electrons. The number of thiazole rings is 1. The van der Waals surface area contributed by atoms with Gasteiger partial charge in [0.15, 0.2) is 4.80 Å². The van der Waals surface area contributed by atoms with Crippen molar-refractivity contribution in [1.82, 2.24) is 8.87 Å².